The number of rotatable bonds is 7. The topological polar surface area (TPSA) is 64.3 Å². The Morgan fingerprint density at radius 2 is 1.83 bits per heavy atom. The molecule has 0 radical (unpaired) electrons. The van der Waals surface area contributed by atoms with Crippen LogP contribution in [0.3, 0.4) is 0 Å². The molecule has 2 aromatic rings. The molecule has 130 valence electrons. The maximum atomic E-state index is 10.7. The highest BCUT2D eigenvalue weighted by Crippen LogP contribution is 2.25. The van der Waals surface area contributed by atoms with Crippen LogP contribution in [-0.4, -0.2) is 12.5 Å². The number of hydrogen-bond donors (Lipinski definition) is 2. The van der Waals surface area contributed by atoms with E-state index in [1.807, 2.05) is 36.4 Å². The Kier molecular flexibility index (Phi) is 8.36. The summed E-state index contributed by atoms with van der Waals surface area (Å²) in [4.78, 5) is 10.7. The van der Waals surface area contributed by atoms with E-state index in [0.29, 0.717) is 22.3 Å². The quantitative estimate of drug-likeness (QED) is 0.748. The number of halogens is 3. The van der Waals surface area contributed by atoms with Crippen molar-refractivity contribution in [2.24, 2.45) is 5.73 Å². The Hall–Kier alpha value is -1.46. The summed E-state index contributed by atoms with van der Waals surface area (Å²) in [5.74, 6) is 0.122. The predicted octanol–water partition coefficient (Wildman–Crippen LogP) is 4.13. The van der Waals surface area contributed by atoms with Crippen LogP contribution in [0.15, 0.2) is 42.5 Å². The molecule has 0 saturated carbocycles. The zero-order valence-corrected chi connectivity index (χ0v) is 15.4. The Morgan fingerprint density at radius 1 is 1.17 bits per heavy atom. The maximum absolute atomic E-state index is 10.7. The van der Waals surface area contributed by atoms with Gasteiger partial charge in [0, 0.05) is 12.6 Å². The Labute approximate surface area is 157 Å². The number of carbonyl (C=O) groups excluding carboxylic acids is 1. The molecular formula is C17H19Cl3N2O2. The van der Waals surface area contributed by atoms with E-state index in [9.17, 15) is 4.79 Å². The van der Waals surface area contributed by atoms with Crippen LogP contribution in [0.2, 0.25) is 10.0 Å². The highest BCUT2D eigenvalue weighted by Gasteiger charge is 2.07. The molecule has 0 fully saturated rings. The minimum Gasteiger partial charge on any atom is -0.484 e. The summed E-state index contributed by atoms with van der Waals surface area (Å²) in [6.07, 6.45) is 0. The molecule has 0 aliphatic rings. The van der Waals surface area contributed by atoms with E-state index in [0.717, 1.165) is 11.1 Å². The van der Waals surface area contributed by atoms with Gasteiger partial charge in [-0.1, -0.05) is 41.4 Å². The zero-order valence-electron chi connectivity index (χ0n) is 13.1. The van der Waals surface area contributed by atoms with Crippen molar-refractivity contribution in [3.63, 3.8) is 0 Å². The minimum absolute atomic E-state index is 0. The van der Waals surface area contributed by atoms with Crippen molar-refractivity contribution in [1.82, 2.24) is 5.32 Å². The van der Waals surface area contributed by atoms with E-state index in [2.05, 4.69) is 12.2 Å². The summed E-state index contributed by atoms with van der Waals surface area (Å²) in [5, 5.41) is 4.51. The third-order valence-electron chi connectivity index (χ3n) is 3.36. The summed E-state index contributed by atoms with van der Waals surface area (Å²) in [7, 11) is 0. The highest BCUT2D eigenvalue weighted by molar-refractivity contribution is 6.42. The lowest BCUT2D eigenvalue weighted by atomic mass is 10.1. The molecule has 0 aliphatic heterocycles. The number of carbonyl (C=O) groups is 1. The third-order valence-corrected chi connectivity index (χ3v) is 4.10. The summed E-state index contributed by atoms with van der Waals surface area (Å²) in [6, 6.07) is 13.2. The number of benzene rings is 2. The molecule has 1 amide bonds. The predicted molar refractivity (Wildman–Crippen MR) is 100 cm³/mol. The number of amides is 1. The van der Waals surface area contributed by atoms with Crippen molar-refractivity contribution < 1.29 is 9.53 Å². The van der Waals surface area contributed by atoms with Gasteiger partial charge in [-0.15, -0.1) is 12.4 Å². The van der Waals surface area contributed by atoms with Crippen LogP contribution in [0.1, 0.15) is 24.1 Å². The molecule has 0 aliphatic carbocycles. The lowest BCUT2D eigenvalue weighted by Gasteiger charge is -2.15. The second-order valence-corrected chi connectivity index (χ2v) is 5.99. The summed E-state index contributed by atoms with van der Waals surface area (Å²) in [6.45, 7) is 2.63. The second kappa shape index (κ2) is 9.74. The van der Waals surface area contributed by atoms with Crippen LogP contribution in [-0.2, 0) is 11.3 Å². The van der Waals surface area contributed by atoms with Gasteiger partial charge in [0.25, 0.3) is 5.91 Å². The average Bonchev–Trinajstić information content (AvgIpc) is 2.54. The molecule has 1 unspecified atom stereocenters. The lowest BCUT2D eigenvalue weighted by molar-refractivity contribution is -0.119. The van der Waals surface area contributed by atoms with Gasteiger partial charge in [0.2, 0.25) is 0 Å². The van der Waals surface area contributed by atoms with Crippen LogP contribution >= 0.6 is 35.6 Å². The van der Waals surface area contributed by atoms with E-state index in [1.54, 1.807) is 6.07 Å². The molecule has 24 heavy (non-hydrogen) atoms. The van der Waals surface area contributed by atoms with Gasteiger partial charge in [0.15, 0.2) is 6.61 Å². The van der Waals surface area contributed by atoms with Gasteiger partial charge >= 0.3 is 0 Å². The fourth-order valence-corrected chi connectivity index (χ4v) is 2.34. The van der Waals surface area contributed by atoms with Crippen molar-refractivity contribution in [1.29, 1.82) is 0 Å². The van der Waals surface area contributed by atoms with Gasteiger partial charge in [-0.25, -0.2) is 0 Å². The zero-order chi connectivity index (χ0) is 16.8. The first-order valence-corrected chi connectivity index (χ1v) is 7.89. The molecule has 3 N–H and O–H groups in total. The van der Waals surface area contributed by atoms with E-state index in [-0.39, 0.29) is 25.1 Å². The van der Waals surface area contributed by atoms with Crippen molar-refractivity contribution >= 4 is 41.5 Å². The Morgan fingerprint density at radius 3 is 2.42 bits per heavy atom. The molecule has 0 bridgehead atoms. The Bertz CT molecular complexity index is 678. The Balaban J connectivity index is 0.00000288. The molecule has 2 aromatic carbocycles. The average molecular weight is 390 g/mol. The van der Waals surface area contributed by atoms with Gasteiger partial charge in [-0.2, -0.15) is 0 Å². The van der Waals surface area contributed by atoms with Crippen molar-refractivity contribution in [2.45, 2.75) is 19.5 Å². The first-order chi connectivity index (χ1) is 11.0. The van der Waals surface area contributed by atoms with E-state index < -0.39 is 5.91 Å². The summed E-state index contributed by atoms with van der Waals surface area (Å²) < 4.78 is 5.22. The molecule has 7 heteroatoms. The second-order valence-electron chi connectivity index (χ2n) is 5.18. The molecule has 0 saturated heterocycles. The molecular weight excluding hydrogens is 371 g/mol. The maximum Gasteiger partial charge on any atom is 0.255 e. The van der Waals surface area contributed by atoms with E-state index in [1.165, 1.54) is 0 Å². The largest absolute Gasteiger partial charge is 0.484 e. The molecule has 0 heterocycles. The van der Waals surface area contributed by atoms with E-state index in [4.69, 9.17) is 33.7 Å². The van der Waals surface area contributed by atoms with Crippen LogP contribution in [0, 0.1) is 0 Å². The fourth-order valence-electron chi connectivity index (χ4n) is 2.03. The standard InChI is InChI=1S/C17H18Cl2N2O2.ClH/c1-11(13-4-7-15(18)16(19)8-13)21-9-12-2-5-14(6-3-12)23-10-17(20)22;/h2-8,11,21H,9-10H2,1H3,(H2,20,22);1H. The van der Waals surface area contributed by atoms with Crippen molar-refractivity contribution in [3.05, 3.63) is 63.6 Å². The fraction of sp³-hybridized carbons (Fsp3) is 0.235. The van der Waals surface area contributed by atoms with E-state index >= 15 is 0 Å². The van der Waals surface area contributed by atoms with Crippen molar-refractivity contribution in [3.8, 4) is 5.75 Å². The van der Waals surface area contributed by atoms with Gasteiger partial charge in [0.1, 0.15) is 5.75 Å². The van der Waals surface area contributed by atoms with Crippen LogP contribution in [0.25, 0.3) is 0 Å². The number of nitrogens with one attached hydrogen (secondary N) is 1. The smallest absolute Gasteiger partial charge is 0.255 e. The molecule has 4 nitrogen and oxygen atoms in total. The van der Waals surface area contributed by atoms with Gasteiger partial charge in [0.05, 0.1) is 10.0 Å². The summed E-state index contributed by atoms with van der Waals surface area (Å²) >= 11 is 12.0. The first kappa shape index (κ1) is 20.6. The first-order valence-electron chi connectivity index (χ1n) is 7.14. The highest BCUT2D eigenvalue weighted by atomic mass is 35.5. The van der Waals surface area contributed by atoms with Crippen LogP contribution < -0.4 is 15.8 Å². The molecule has 0 spiro atoms. The SMILES string of the molecule is CC(NCc1ccc(OCC(N)=O)cc1)c1ccc(Cl)c(Cl)c1.Cl. The van der Waals surface area contributed by atoms with Crippen molar-refractivity contribution in [2.75, 3.05) is 6.61 Å². The van der Waals surface area contributed by atoms with Gasteiger partial charge in [-0.05, 0) is 42.3 Å². The van der Waals surface area contributed by atoms with Crippen LogP contribution in [0.5, 0.6) is 5.75 Å². The number of primary amides is 1. The number of ether oxygens (including phenoxy) is 1. The molecule has 0 aromatic heterocycles. The lowest BCUT2D eigenvalue weighted by Crippen LogP contribution is -2.20. The van der Waals surface area contributed by atoms with Gasteiger partial charge < -0.3 is 15.8 Å². The van der Waals surface area contributed by atoms with Gasteiger partial charge in [-0.3, -0.25) is 4.79 Å². The molecule has 2 rings (SSSR count). The molecule has 1 atom stereocenters. The summed E-state index contributed by atoms with van der Waals surface area (Å²) in [5.41, 5.74) is 7.21. The number of nitrogens with two attached hydrogens (primary N) is 1. The monoisotopic (exact) mass is 388 g/mol. The van der Waals surface area contributed by atoms with Crippen LogP contribution in [0.4, 0.5) is 0 Å². The number of hydrogen-bond acceptors (Lipinski definition) is 3. The third kappa shape index (κ3) is 6.21. The minimum atomic E-state index is -0.494. The normalized spacial score (nSPS) is 11.5.